The van der Waals surface area contributed by atoms with Crippen molar-refractivity contribution in [2.24, 2.45) is 5.92 Å². The number of aromatic nitrogens is 2. The molecule has 4 rings (SSSR count). The first-order valence-electron chi connectivity index (χ1n) is 14.9. The summed E-state index contributed by atoms with van der Waals surface area (Å²) in [5, 5.41) is 10.6. The van der Waals surface area contributed by atoms with Crippen LogP contribution in [0.1, 0.15) is 49.8 Å². The van der Waals surface area contributed by atoms with Crippen LogP contribution in [0.5, 0.6) is 17.2 Å². The summed E-state index contributed by atoms with van der Waals surface area (Å²) in [4.78, 5) is 39.1. The summed E-state index contributed by atoms with van der Waals surface area (Å²) in [5.74, 6) is -0.347. The van der Waals surface area contributed by atoms with Crippen LogP contribution < -0.4 is 14.2 Å². The number of benzene rings is 1. The van der Waals surface area contributed by atoms with Crippen LogP contribution >= 0.6 is 0 Å². The van der Waals surface area contributed by atoms with E-state index < -0.39 is 11.9 Å². The Morgan fingerprint density at radius 1 is 1.19 bits per heavy atom. The van der Waals surface area contributed by atoms with E-state index >= 15 is 0 Å². The fourth-order valence-electron chi connectivity index (χ4n) is 6.04. The monoisotopic (exact) mass is 584 g/mol. The maximum Gasteiger partial charge on any atom is 0.308 e. The van der Waals surface area contributed by atoms with Crippen LogP contribution in [0, 0.1) is 5.92 Å². The van der Waals surface area contributed by atoms with Gasteiger partial charge in [0.15, 0.2) is 11.5 Å². The first-order valence-corrected chi connectivity index (χ1v) is 14.9. The van der Waals surface area contributed by atoms with Crippen LogP contribution in [-0.4, -0.2) is 115 Å². The molecule has 1 aromatic heterocycles. The molecule has 3 heterocycles. The third kappa shape index (κ3) is 7.89. The van der Waals surface area contributed by atoms with Crippen molar-refractivity contribution in [3.63, 3.8) is 0 Å². The molecule has 3 atom stereocenters. The summed E-state index contributed by atoms with van der Waals surface area (Å²) in [7, 11) is 8.02. The number of aliphatic carboxylic acids is 1. The molecule has 2 aliphatic heterocycles. The highest BCUT2D eigenvalue weighted by Gasteiger charge is 2.47. The van der Waals surface area contributed by atoms with Gasteiger partial charge in [0, 0.05) is 49.9 Å². The van der Waals surface area contributed by atoms with Gasteiger partial charge in [-0.3, -0.25) is 14.5 Å². The minimum atomic E-state index is -0.884. The summed E-state index contributed by atoms with van der Waals surface area (Å²) < 4.78 is 17.6. The van der Waals surface area contributed by atoms with Crippen LogP contribution in [0.3, 0.4) is 0 Å². The maximum atomic E-state index is 13.8. The number of aryl methyl sites for hydroxylation is 1. The lowest BCUT2D eigenvalue weighted by molar-refractivity contribution is -0.870. The predicted octanol–water partition coefficient (Wildman–Crippen LogP) is 3.04. The van der Waals surface area contributed by atoms with Gasteiger partial charge >= 0.3 is 5.97 Å². The largest absolute Gasteiger partial charge is 0.493 e. The Bertz CT molecular complexity index is 1200. The molecule has 0 bridgehead atoms. The Morgan fingerprint density at radius 2 is 1.98 bits per heavy atom. The number of nitrogens with zero attached hydrogens (tertiary/aromatic N) is 5. The molecule has 1 aromatic carbocycles. The predicted molar refractivity (Wildman–Crippen MR) is 158 cm³/mol. The molecule has 1 N–H and O–H groups in total. The van der Waals surface area contributed by atoms with Gasteiger partial charge in [0.25, 0.3) is 0 Å². The number of methoxy groups -OCH3 is 1. The summed E-state index contributed by atoms with van der Waals surface area (Å²) in [6.45, 7) is 5.18. The summed E-state index contributed by atoms with van der Waals surface area (Å²) in [6.07, 6.45) is 7.18. The fraction of sp³-hybridized carbons (Fsp3) is 0.613. The maximum absolute atomic E-state index is 13.8. The molecular weight excluding hydrogens is 538 g/mol. The van der Waals surface area contributed by atoms with Gasteiger partial charge in [-0.2, -0.15) is 0 Å². The van der Waals surface area contributed by atoms with Crippen molar-refractivity contribution in [2.75, 3.05) is 67.8 Å². The number of quaternary nitrogens is 1. The average Bonchev–Trinajstić information content (AvgIpc) is 3.58. The second-order valence-corrected chi connectivity index (χ2v) is 12.3. The number of ether oxygens (including phenoxy) is 3. The highest BCUT2D eigenvalue weighted by molar-refractivity contribution is 5.79. The smallest absolute Gasteiger partial charge is 0.308 e. The van der Waals surface area contributed by atoms with E-state index in [-0.39, 0.29) is 31.2 Å². The number of carboxylic acid groups (broad SMARTS) is 1. The van der Waals surface area contributed by atoms with Gasteiger partial charge < -0.3 is 28.7 Å². The van der Waals surface area contributed by atoms with Gasteiger partial charge in [0.2, 0.25) is 18.4 Å². The first kappa shape index (κ1) is 31.5. The molecule has 0 spiro atoms. The highest BCUT2D eigenvalue weighted by Crippen LogP contribution is 2.47. The molecule has 0 radical (unpaired) electrons. The molecule has 1 unspecified atom stereocenters. The van der Waals surface area contributed by atoms with Gasteiger partial charge in [0.05, 0.1) is 47.3 Å². The lowest BCUT2D eigenvalue weighted by Crippen LogP contribution is -2.45. The molecule has 42 heavy (non-hydrogen) atoms. The number of carboxylic acids is 1. The highest BCUT2D eigenvalue weighted by atomic mass is 16.7. The lowest BCUT2D eigenvalue weighted by Gasteiger charge is -2.30. The number of carbonyl (C=O) groups is 2. The lowest BCUT2D eigenvalue weighted by atomic mass is 9.83. The van der Waals surface area contributed by atoms with Gasteiger partial charge in [-0.05, 0) is 43.0 Å². The molecule has 1 amide bonds. The Hall–Kier alpha value is -3.44. The second kappa shape index (κ2) is 14.2. The quantitative estimate of drug-likeness (QED) is 0.316. The van der Waals surface area contributed by atoms with E-state index in [2.05, 4.69) is 42.9 Å². The topological polar surface area (TPSA) is 114 Å². The standard InChI is InChI=1S/C31H45N5O6/c1-6-7-13-34(14-8-15-36(2,3)4)28(37)19-35-18-24(22-16-26(40-5)30-27(17-22)41-21-42-30)29(31(38)39)25(35)10-9-23-11-12-32-20-33-23/h11-12,16-17,20,24-25,29H,6-10,13-15,18-19,21H2,1-5H3/p+1/t24-,25+,29?/m1/s1. The molecule has 1 fully saturated rings. The van der Waals surface area contributed by atoms with Crippen molar-refractivity contribution < 1.29 is 33.4 Å². The van der Waals surface area contributed by atoms with Gasteiger partial charge in [-0.25, -0.2) is 9.97 Å². The van der Waals surface area contributed by atoms with Crippen LogP contribution in [-0.2, 0) is 16.0 Å². The minimum Gasteiger partial charge on any atom is -0.493 e. The Labute approximate surface area is 249 Å². The zero-order valence-corrected chi connectivity index (χ0v) is 25.6. The first-order chi connectivity index (χ1) is 20.1. The number of likely N-dealkylation sites (tertiary alicyclic amines) is 1. The van der Waals surface area contributed by atoms with Gasteiger partial charge in [-0.15, -0.1) is 0 Å². The van der Waals surface area contributed by atoms with Crippen LogP contribution in [0.15, 0.2) is 30.7 Å². The number of fused-ring (bicyclic) bond motifs is 1. The SMILES string of the molecule is CCCCN(CCC[N+](C)(C)C)C(=O)CN1C[C@H](c2cc(OC)c3c(c2)OCO3)C(C(=O)O)[C@@H]1CCc1ccncn1. The van der Waals surface area contributed by atoms with Crippen molar-refractivity contribution in [2.45, 2.75) is 51.0 Å². The Morgan fingerprint density at radius 3 is 2.64 bits per heavy atom. The van der Waals surface area contributed by atoms with E-state index in [0.29, 0.717) is 49.7 Å². The van der Waals surface area contributed by atoms with Crippen molar-refractivity contribution >= 4 is 11.9 Å². The van der Waals surface area contributed by atoms with Gasteiger partial charge in [0.1, 0.15) is 6.33 Å². The zero-order chi connectivity index (χ0) is 30.3. The summed E-state index contributed by atoms with van der Waals surface area (Å²) >= 11 is 0. The molecule has 2 aromatic rings. The van der Waals surface area contributed by atoms with Crippen molar-refractivity contribution in [1.82, 2.24) is 19.8 Å². The van der Waals surface area contributed by atoms with Gasteiger partial charge in [-0.1, -0.05) is 13.3 Å². The third-order valence-electron chi connectivity index (χ3n) is 8.21. The molecule has 1 saturated heterocycles. The van der Waals surface area contributed by atoms with Crippen molar-refractivity contribution in [3.8, 4) is 17.2 Å². The molecular formula is C31H46N5O6+. The van der Waals surface area contributed by atoms with Crippen LogP contribution in [0.2, 0.25) is 0 Å². The minimum absolute atomic E-state index is 0.0463. The Kier molecular flexibility index (Phi) is 10.6. The molecule has 230 valence electrons. The number of unbranched alkanes of at least 4 members (excludes halogenated alkanes) is 1. The molecule has 11 nitrogen and oxygen atoms in total. The number of hydrogen-bond donors (Lipinski definition) is 1. The third-order valence-corrected chi connectivity index (χ3v) is 8.21. The van der Waals surface area contributed by atoms with E-state index in [9.17, 15) is 14.7 Å². The van der Waals surface area contributed by atoms with E-state index in [4.69, 9.17) is 14.2 Å². The molecule has 2 aliphatic rings. The van der Waals surface area contributed by atoms with E-state index in [1.165, 1.54) is 6.33 Å². The van der Waals surface area contributed by atoms with Crippen molar-refractivity contribution in [1.29, 1.82) is 0 Å². The molecule has 0 saturated carbocycles. The van der Waals surface area contributed by atoms with E-state index in [0.717, 1.165) is 41.5 Å². The van der Waals surface area contributed by atoms with E-state index in [1.54, 1.807) is 13.3 Å². The normalized spacial score (nSPS) is 20.1. The number of amides is 1. The molecule has 0 aliphatic carbocycles. The van der Waals surface area contributed by atoms with Crippen LogP contribution in [0.25, 0.3) is 0 Å². The molecule has 11 heteroatoms. The van der Waals surface area contributed by atoms with E-state index in [1.807, 2.05) is 23.1 Å². The summed E-state index contributed by atoms with van der Waals surface area (Å²) in [5.41, 5.74) is 1.65. The zero-order valence-electron chi connectivity index (χ0n) is 25.6. The number of carbonyl (C=O) groups excluding carboxylic acids is 1. The number of hydrogen-bond acceptors (Lipinski definition) is 8. The fourth-order valence-corrected chi connectivity index (χ4v) is 6.04. The average molecular weight is 585 g/mol. The van der Waals surface area contributed by atoms with Crippen molar-refractivity contribution in [3.05, 3.63) is 42.0 Å². The number of rotatable bonds is 15. The Balaban J connectivity index is 1.61. The van der Waals surface area contributed by atoms with Crippen LogP contribution in [0.4, 0.5) is 0 Å². The summed E-state index contributed by atoms with van der Waals surface area (Å²) in [6, 6.07) is 5.19. The second-order valence-electron chi connectivity index (χ2n) is 12.3.